The molecular formula is C24H34N2O6S2. The smallest absolute Gasteiger partial charge is 0.339 e. The van der Waals surface area contributed by atoms with Crippen LogP contribution in [0.25, 0.3) is 0 Å². The molecule has 1 atom stereocenters. The van der Waals surface area contributed by atoms with E-state index in [0.717, 1.165) is 25.7 Å². The number of sulfone groups is 1. The molecule has 0 aromatic heterocycles. The van der Waals surface area contributed by atoms with Gasteiger partial charge in [0, 0.05) is 24.0 Å². The summed E-state index contributed by atoms with van der Waals surface area (Å²) in [4.78, 5) is 39.5. The fourth-order valence-electron chi connectivity index (χ4n) is 4.37. The van der Waals surface area contributed by atoms with Gasteiger partial charge in [0.05, 0.1) is 22.8 Å². The second-order valence-corrected chi connectivity index (χ2v) is 12.3. The van der Waals surface area contributed by atoms with E-state index in [2.05, 4.69) is 5.32 Å². The number of hydrogen-bond acceptors (Lipinski definition) is 7. The van der Waals surface area contributed by atoms with Gasteiger partial charge in [0.15, 0.2) is 16.4 Å². The molecule has 10 heteroatoms. The predicted molar refractivity (Wildman–Crippen MR) is 132 cm³/mol. The van der Waals surface area contributed by atoms with Gasteiger partial charge in [0.1, 0.15) is 0 Å². The number of nitrogens with one attached hydrogen (secondary N) is 1. The highest BCUT2D eigenvalue weighted by atomic mass is 32.2. The van der Waals surface area contributed by atoms with Gasteiger partial charge in [0.25, 0.3) is 5.91 Å². The molecule has 1 aromatic rings. The molecule has 0 bridgehead atoms. The van der Waals surface area contributed by atoms with Gasteiger partial charge in [-0.05, 0) is 31.4 Å². The average Bonchev–Trinajstić information content (AvgIpc) is 3.16. The number of benzene rings is 1. The third kappa shape index (κ3) is 8.01. The van der Waals surface area contributed by atoms with Crippen molar-refractivity contribution in [3.8, 4) is 0 Å². The molecule has 1 saturated carbocycles. The molecule has 0 spiro atoms. The minimum Gasteiger partial charge on any atom is -0.452 e. The fraction of sp³-hybridized carbons (Fsp3) is 0.625. The molecule has 3 rings (SSSR count). The Bertz CT molecular complexity index is 973. The second kappa shape index (κ2) is 12.6. The number of likely N-dealkylation sites (N-methyl/N-ethyl adjacent to an activating group) is 1. The highest BCUT2D eigenvalue weighted by Gasteiger charge is 2.33. The first-order chi connectivity index (χ1) is 16.2. The maximum Gasteiger partial charge on any atom is 0.339 e. The summed E-state index contributed by atoms with van der Waals surface area (Å²) in [5, 5.41) is 3.12. The Balaban J connectivity index is 1.49. The van der Waals surface area contributed by atoms with Crippen molar-refractivity contribution < 1.29 is 27.5 Å². The number of hydrogen-bond donors (Lipinski definition) is 1. The zero-order valence-corrected chi connectivity index (χ0v) is 21.3. The van der Waals surface area contributed by atoms with Gasteiger partial charge in [-0.25, -0.2) is 13.2 Å². The van der Waals surface area contributed by atoms with E-state index in [1.165, 1.54) is 43.0 Å². The SMILES string of the molecule is CN(C(=O)COC(=O)c1ccccc1SCC(=O)NC1CCCCCCC1)[C@@H]1CCS(=O)(=O)C1. The summed E-state index contributed by atoms with van der Waals surface area (Å²) >= 11 is 1.27. The number of carbonyl (C=O) groups excluding carboxylic acids is 3. The van der Waals surface area contributed by atoms with Gasteiger partial charge < -0.3 is 15.0 Å². The van der Waals surface area contributed by atoms with E-state index in [9.17, 15) is 22.8 Å². The van der Waals surface area contributed by atoms with E-state index < -0.39 is 34.4 Å². The maximum atomic E-state index is 12.6. The Kier molecular flexibility index (Phi) is 9.82. The first-order valence-electron chi connectivity index (χ1n) is 11.9. The van der Waals surface area contributed by atoms with Crippen molar-refractivity contribution in [2.45, 2.75) is 68.3 Å². The minimum atomic E-state index is -3.12. The Morgan fingerprint density at radius 3 is 2.41 bits per heavy atom. The number of nitrogens with zero attached hydrogens (tertiary/aromatic N) is 1. The predicted octanol–water partition coefficient (Wildman–Crippen LogP) is 2.81. The van der Waals surface area contributed by atoms with Crippen LogP contribution < -0.4 is 5.32 Å². The van der Waals surface area contributed by atoms with Crippen LogP contribution in [-0.2, 0) is 24.2 Å². The summed E-state index contributed by atoms with van der Waals surface area (Å²) in [5.74, 6) is -0.955. The molecule has 34 heavy (non-hydrogen) atoms. The summed E-state index contributed by atoms with van der Waals surface area (Å²) in [7, 11) is -1.59. The van der Waals surface area contributed by atoms with Crippen molar-refractivity contribution in [2.24, 2.45) is 0 Å². The molecule has 0 radical (unpaired) electrons. The van der Waals surface area contributed by atoms with Crippen molar-refractivity contribution in [3.05, 3.63) is 29.8 Å². The number of carbonyl (C=O) groups is 3. The summed E-state index contributed by atoms with van der Waals surface area (Å²) in [5.41, 5.74) is 0.296. The Morgan fingerprint density at radius 2 is 1.74 bits per heavy atom. The zero-order chi connectivity index (χ0) is 24.6. The molecule has 1 aliphatic carbocycles. The summed E-state index contributed by atoms with van der Waals surface area (Å²) in [6.45, 7) is -0.465. The van der Waals surface area contributed by atoms with Crippen LogP contribution in [0.1, 0.15) is 61.7 Å². The zero-order valence-electron chi connectivity index (χ0n) is 19.7. The third-order valence-corrected chi connectivity index (χ3v) is 9.24. The Hall–Kier alpha value is -2.07. The lowest BCUT2D eigenvalue weighted by molar-refractivity contribution is -0.134. The van der Waals surface area contributed by atoms with Crippen LogP contribution in [-0.4, -0.2) is 74.1 Å². The van der Waals surface area contributed by atoms with E-state index in [4.69, 9.17) is 4.74 Å². The van der Waals surface area contributed by atoms with Crippen molar-refractivity contribution in [3.63, 3.8) is 0 Å². The van der Waals surface area contributed by atoms with E-state index in [0.29, 0.717) is 16.9 Å². The Morgan fingerprint density at radius 1 is 1.06 bits per heavy atom. The van der Waals surface area contributed by atoms with Gasteiger partial charge in [-0.15, -0.1) is 11.8 Å². The molecule has 1 saturated heterocycles. The second-order valence-electron chi connectivity index (χ2n) is 9.03. The van der Waals surface area contributed by atoms with Crippen LogP contribution >= 0.6 is 11.8 Å². The van der Waals surface area contributed by atoms with Gasteiger partial charge >= 0.3 is 5.97 Å². The fourth-order valence-corrected chi connectivity index (χ4v) is 6.99. The van der Waals surface area contributed by atoms with Gasteiger partial charge in [-0.3, -0.25) is 9.59 Å². The normalized spacial score (nSPS) is 20.7. The molecule has 1 heterocycles. The molecule has 2 fully saturated rings. The van der Waals surface area contributed by atoms with Gasteiger partial charge in [0.2, 0.25) is 5.91 Å². The summed E-state index contributed by atoms with van der Waals surface area (Å²) in [6, 6.07) is 6.66. The van der Waals surface area contributed by atoms with E-state index >= 15 is 0 Å². The van der Waals surface area contributed by atoms with Crippen LogP contribution in [0.3, 0.4) is 0 Å². The lowest BCUT2D eigenvalue weighted by Crippen LogP contribution is -2.40. The van der Waals surface area contributed by atoms with E-state index in [-0.39, 0.29) is 29.2 Å². The molecule has 2 aliphatic rings. The third-order valence-electron chi connectivity index (χ3n) is 6.41. The summed E-state index contributed by atoms with van der Waals surface area (Å²) < 4.78 is 28.5. The highest BCUT2D eigenvalue weighted by Crippen LogP contribution is 2.24. The van der Waals surface area contributed by atoms with E-state index in [1.54, 1.807) is 24.3 Å². The maximum absolute atomic E-state index is 12.6. The lowest BCUT2D eigenvalue weighted by atomic mass is 9.97. The summed E-state index contributed by atoms with van der Waals surface area (Å²) in [6.07, 6.45) is 8.38. The van der Waals surface area contributed by atoms with Crippen molar-refractivity contribution in [1.82, 2.24) is 10.2 Å². The monoisotopic (exact) mass is 510 g/mol. The number of ether oxygens (including phenoxy) is 1. The lowest BCUT2D eigenvalue weighted by Gasteiger charge is -2.23. The molecule has 1 aliphatic heterocycles. The minimum absolute atomic E-state index is 0.0536. The average molecular weight is 511 g/mol. The van der Waals surface area contributed by atoms with Crippen LogP contribution in [0.4, 0.5) is 0 Å². The van der Waals surface area contributed by atoms with Gasteiger partial charge in [-0.1, -0.05) is 44.2 Å². The van der Waals surface area contributed by atoms with Gasteiger partial charge in [-0.2, -0.15) is 0 Å². The molecule has 2 amide bonds. The quantitative estimate of drug-likeness (QED) is 0.423. The van der Waals surface area contributed by atoms with E-state index in [1.807, 2.05) is 0 Å². The molecule has 0 unspecified atom stereocenters. The number of esters is 1. The highest BCUT2D eigenvalue weighted by molar-refractivity contribution is 8.00. The first kappa shape index (κ1) is 26.5. The number of thioether (sulfide) groups is 1. The molecule has 1 aromatic carbocycles. The van der Waals surface area contributed by atoms with Crippen LogP contribution in [0.2, 0.25) is 0 Å². The first-order valence-corrected chi connectivity index (χ1v) is 14.7. The van der Waals surface area contributed by atoms with Crippen molar-refractivity contribution in [2.75, 3.05) is 30.9 Å². The van der Waals surface area contributed by atoms with Crippen molar-refractivity contribution >= 4 is 39.4 Å². The molecule has 188 valence electrons. The molecular weight excluding hydrogens is 476 g/mol. The largest absolute Gasteiger partial charge is 0.452 e. The standard InChI is InChI=1S/C24H34N2O6S2/c1-26(19-13-14-34(30,31)17-19)23(28)15-32-24(29)20-11-7-8-12-21(20)33-16-22(27)25-18-9-5-3-2-4-6-10-18/h7-8,11-12,18-19H,2-6,9-10,13-17H2,1H3,(H,25,27)/t19-/m1/s1. The number of amides is 2. The molecule has 1 N–H and O–H groups in total. The molecule has 8 nitrogen and oxygen atoms in total. The number of rotatable bonds is 8. The Labute approximate surface area is 206 Å². The van der Waals surface area contributed by atoms with Crippen LogP contribution in [0, 0.1) is 0 Å². The van der Waals surface area contributed by atoms with Crippen LogP contribution in [0.5, 0.6) is 0 Å². The van der Waals surface area contributed by atoms with Crippen molar-refractivity contribution in [1.29, 1.82) is 0 Å². The van der Waals surface area contributed by atoms with Crippen LogP contribution in [0.15, 0.2) is 29.2 Å². The topological polar surface area (TPSA) is 110 Å².